The van der Waals surface area contributed by atoms with Crippen molar-refractivity contribution in [3.05, 3.63) is 28.8 Å². The maximum Gasteiger partial charge on any atom is 0.170 e. The summed E-state index contributed by atoms with van der Waals surface area (Å²) in [5.74, 6) is 0. The maximum absolute atomic E-state index is 8.61. The third-order valence-electron chi connectivity index (χ3n) is 1.91. The van der Waals surface area contributed by atoms with Gasteiger partial charge < -0.3 is 15.7 Å². The fourth-order valence-corrected chi connectivity index (χ4v) is 1.47. The first kappa shape index (κ1) is 12.2. The van der Waals surface area contributed by atoms with Crippen molar-refractivity contribution in [2.75, 3.05) is 18.5 Å². The Morgan fingerprint density at radius 1 is 1.53 bits per heavy atom. The van der Waals surface area contributed by atoms with E-state index >= 15 is 0 Å². The first-order valence-corrected chi connectivity index (χ1v) is 5.34. The van der Waals surface area contributed by atoms with Crippen molar-refractivity contribution < 1.29 is 5.11 Å². The number of aliphatic hydroxyl groups is 1. The molecule has 5 heteroatoms. The number of thiocarbonyl (C=S) groups is 1. The van der Waals surface area contributed by atoms with Crippen molar-refractivity contribution in [3.63, 3.8) is 0 Å². The molecule has 15 heavy (non-hydrogen) atoms. The van der Waals surface area contributed by atoms with Crippen LogP contribution in [-0.4, -0.2) is 23.4 Å². The molecule has 0 atom stereocenters. The molecule has 0 heterocycles. The standard InChI is InChI=1S/C10H13ClN2OS/c1-7-8(11)3-2-4-9(7)13-10(15)12-5-6-14/h2-4,14H,5-6H2,1H3,(H2,12,13,15). The van der Waals surface area contributed by atoms with Crippen molar-refractivity contribution in [1.29, 1.82) is 0 Å². The highest BCUT2D eigenvalue weighted by Crippen LogP contribution is 2.22. The van der Waals surface area contributed by atoms with E-state index in [0.29, 0.717) is 16.7 Å². The minimum Gasteiger partial charge on any atom is -0.395 e. The lowest BCUT2D eigenvalue weighted by Crippen LogP contribution is -2.30. The summed E-state index contributed by atoms with van der Waals surface area (Å²) in [5.41, 5.74) is 1.82. The van der Waals surface area contributed by atoms with Gasteiger partial charge in [-0.05, 0) is 36.8 Å². The molecule has 0 saturated heterocycles. The second-order valence-electron chi connectivity index (χ2n) is 3.02. The van der Waals surface area contributed by atoms with Crippen LogP contribution < -0.4 is 10.6 Å². The molecule has 0 unspecified atom stereocenters. The molecule has 0 spiro atoms. The first-order valence-electron chi connectivity index (χ1n) is 4.56. The minimum atomic E-state index is 0.0519. The van der Waals surface area contributed by atoms with Crippen molar-refractivity contribution in [1.82, 2.24) is 5.32 Å². The molecule has 0 saturated carbocycles. The van der Waals surface area contributed by atoms with E-state index in [0.717, 1.165) is 11.3 Å². The lowest BCUT2D eigenvalue weighted by Gasteiger charge is -2.12. The quantitative estimate of drug-likeness (QED) is 0.711. The number of hydrogen-bond donors (Lipinski definition) is 3. The highest BCUT2D eigenvalue weighted by atomic mass is 35.5. The molecule has 1 aromatic rings. The van der Waals surface area contributed by atoms with E-state index in [4.69, 9.17) is 28.9 Å². The summed E-state index contributed by atoms with van der Waals surface area (Å²) in [5, 5.41) is 15.7. The van der Waals surface area contributed by atoms with Gasteiger partial charge in [0.05, 0.1) is 6.61 Å². The molecular formula is C10H13ClN2OS. The van der Waals surface area contributed by atoms with Gasteiger partial charge in [-0.2, -0.15) is 0 Å². The maximum atomic E-state index is 8.61. The molecule has 0 fully saturated rings. The summed E-state index contributed by atoms with van der Waals surface area (Å²) in [6.07, 6.45) is 0. The minimum absolute atomic E-state index is 0.0519. The van der Waals surface area contributed by atoms with Gasteiger partial charge in [0.15, 0.2) is 5.11 Å². The SMILES string of the molecule is Cc1c(Cl)cccc1NC(=S)NCCO. The van der Waals surface area contributed by atoms with Gasteiger partial charge in [-0.15, -0.1) is 0 Å². The second-order valence-corrected chi connectivity index (χ2v) is 3.83. The Balaban J connectivity index is 2.64. The van der Waals surface area contributed by atoms with E-state index in [9.17, 15) is 0 Å². The number of hydrogen-bond acceptors (Lipinski definition) is 2. The average Bonchev–Trinajstić information content (AvgIpc) is 2.22. The summed E-state index contributed by atoms with van der Waals surface area (Å²) in [6.45, 7) is 2.40. The van der Waals surface area contributed by atoms with Crippen LogP contribution in [-0.2, 0) is 0 Å². The molecule has 3 nitrogen and oxygen atoms in total. The molecule has 3 N–H and O–H groups in total. The number of halogens is 1. The molecule has 0 aliphatic heterocycles. The summed E-state index contributed by atoms with van der Waals surface area (Å²) in [6, 6.07) is 5.58. The smallest absolute Gasteiger partial charge is 0.170 e. The van der Waals surface area contributed by atoms with E-state index in [-0.39, 0.29) is 6.61 Å². The summed E-state index contributed by atoms with van der Waals surface area (Å²) in [4.78, 5) is 0. The van der Waals surface area contributed by atoms with E-state index in [1.807, 2.05) is 25.1 Å². The molecular weight excluding hydrogens is 232 g/mol. The molecule has 0 bridgehead atoms. The van der Waals surface area contributed by atoms with Gasteiger partial charge in [-0.3, -0.25) is 0 Å². The van der Waals surface area contributed by atoms with E-state index in [2.05, 4.69) is 10.6 Å². The molecule has 0 radical (unpaired) electrons. The zero-order valence-electron chi connectivity index (χ0n) is 8.38. The van der Waals surface area contributed by atoms with Crippen LogP contribution in [0.4, 0.5) is 5.69 Å². The highest BCUT2D eigenvalue weighted by molar-refractivity contribution is 7.80. The molecule has 0 aliphatic rings. The third-order valence-corrected chi connectivity index (χ3v) is 2.57. The van der Waals surface area contributed by atoms with Crippen LogP contribution in [0.2, 0.25) is 5.02 Å². The Bertz CT molecular complexity index is 357. The van der Waals surface area contributed by atoms with Gasteiger partial charge in [0.1, 0.15) is 0 Å². The molecule has 0 amide bonds. The first-order chi connectivity index (χ1) is 7.15. The zero-order chi connectivity index (χ0) is 11.3. The zero-order valence-corrected chi connectivity index (χ0v) is 9.95. The molecule has 82 valence electrons. The third kappa shape index (κ3) is 3.66. The second kappa shape index (κ2) is 5.90. The van der Waals surface area contributed by atoms with Crippen LogP contribution in [0.25, 0.3) is 0 Å². The van der Waals surface area contributed by atoms with Crippen LogP contribution in [0.15, 0.2) is 18.2 Å². The number of anilines is 1. The number of nitrogens with one attached hydrogen (secondary N) is 2. The van der Waals surface area contributed by atoms with Crippen molar-refractivity contribution in [3.8, 4) is 0 Å². The highest BCUT2D eigenvalue weighted by Gasteiger charge is 2.02. The molecule has 0 aliphatic carbocycles. The van der Waals surface area contributed by atoms with Gasteiger partial charge in [0, 0.05) is 17.3 Å². The van der Waals surface area contributed by atoms with Crippen LogP contribution >= 0.6 is 23.8 Å². The fourth-order valence-electron chi connectivity index (χ4n) is 1.08. The molecule has 1 aromatic carbocycles. The predicted molar refractivity (Wildman–Crippen MR) is 67.5 cm³/mol. The van der Waals surface area contributed by atoms with Crippen molar-refractivity contribution in [2.45, 2.75) is 6.92 Å². The Labute approximate surface area is 99.4 Å². The van der Waals surface area contributed by atoms with Crippen LogP contribution in [0.1, 0.15) is 5.56 Å². The lowest BCUT2D eigenvalue weighted by atomic mass is 10.2. The van der Waals surface area contributed by atoms with Gasteiger partial charge >= 0.3 is 0 Å². The Morgan fingerprint density at radius 3 is 2.93 bits per heavy atom. The van der Waals surface area contributed by atoms with E-state index in [1.165, 1.54) is 0 Å². The van der Waals surface area contributed by atoms with Gasteiger partial charge in [-0.25, -0.2) is 0 Å². The van der Waals surface area contributed by atoms with Crippen LogP contribution in [0.5, 0.6) is 0 Å². The summed E-state index contributed by atoms with van der Waals surface area (Å²) >= 11 is 11.0. The Hall–Kier alpha value is -0.840. The van der Waals surface area contributed by atoms with Crippen LogP contribution in [0.3, 0.4) is 0 Å². The number of aliphatic hydroxyl groups excluding tert-OH is 1. The van der Waals surface area contributed by atoms with Crippen molar-refractivity contribution >= 4 is 34.6 Å². The molecule has 1 rings (SSSR count). The topological polar surface area (TPSA) is 44.3 Å². The van der Waals surface area contributed by atoms with Crippen LogP contribution in [0, 0.1) is 6.92 Å². The van der Waals surface area contributed by atoms with E-state index < -0.39 is 0 Å². The Kier molecular flexibility index (Phi) is 4.81. The Morgan fingerprint density at radius 2 is 2.27 bits per heavy atom. The number of benzene rings is 1. The van der Waals surface area contributed by atoms with E-state index in [1.54, 1.807) is 0 Å². The largest absolute Gasteiger partial charge is 0.395 e. The van der Waals surface area contributed by atoms with Crippen molar-refractivity contribution in [2.24, 2.45) is 0 Å². The van der Waals surface area contributed by atoms with Gasteiger partial charge in [0.2, 0.25) is 0 Å². The van der Waals surface area contributed by atoms with Gasteiger partial charge in [0.25, 0.3) is 0 Å². The van der Waals surface area contributed by atoms with Gasteiger partial charge in [-0.1, -0.05) is 17.7 Å². The number of rotatable bonds is 3. The summed E-state index contributed by atoms with van der Waals surface area (Å²) < 4.78 is 0. The lowest BCUT2D eigenvalue weighted by molar-refractivity contribution is 0.301. The predicted octanol–water partition coefficient (Wildman–Crippen LogP) is 1.93. The summed E-state index contributed by atoms with van der Waals surface area (Å²) in [7, 11) is 0. The normalized spacial score (nSPS) is 9.80. The fraction of sp³-hybridized carbons (Fsp3) is 0.300. The molecule has 0 aromatic heterocycles. The average molecular weight is 245 g/mol. The monoisotopic (exact) mass is 244 g/mol.